The van der Waals surface area contributed by atoms with Gasteiger partial charge in [0.15, 0.2) is 0 Å². The molecule has 1 saturated carbocycles. The van der Waals surface area contributed by atoms with Gasteiger partial charge in [0.2, 0.25) is 11.8 Å². The van der Waals surface area contributed by atoms with E-state index >= 15 is 0 Å². The first-order chi connectivity index (χ1) is 7.89. The van der Waals surface area contributed by atoms with Gasteiger partial charge in [0.1, 0.15) is 0 Å². The van der Waals surface area contributed by atoms with Crippen molar-refractivity contribution in [2.75, 3.05) is 13.7 Å². The number of rotatable bonds is 3. The van der Waals surface area contributed by atoms with Crippen LogP contribution in [0.25, 0.3) is 0 Å². The van der Waals surface area contributed by atoms with E-state index in [1.807, 2.05) is 13.8 Å². The van der Waals surface area contributed by atoms with Gasteiger partial charge in [-0.2, -0.15) is 0 Å². The van der Waals surface area contributed by atoms with Crippen LogP contribution in [0.15, 0.2) is 0 Å². The molecule has 0 N–H and O–H groups in total. The van der Waals surface area contributed by atoms with Crippen LogP contribution in [0, 0.1) is 17.3 Å². The van der Waals surface area contributed by atoms with Gasteiger partial charge in [-0.3, -0.25) is 19.3 Å². The maximum Gasteiger partial charge on any atom is 0.309 e. The third kappa shape index (κ3) is 1.83. The van der Waals surface area contributed by atoms with Gasteiger partial charge < -0.3 is 4.74 Å². The van der Waals surface area contributed by atoms with E-state index in [0.717, 1.165) is 0 Å². The van der Waals surface area contributed by atoms with E-state index in [9.17, 15) is 14.4 Å². The highest BCUT2D eigenvalue weighted by Gasteiger charge is 2.63. The highest BCUT2D eigenvalue weighted by atomic mass is 16.5. The number of nitrogens with zero attached hydrogens (tertiary/aromatic N) is 1. The van der Waals surface area contributed by atoms with E-state index in [4.69, 9.17) is 4.74 Å². The minimum atomic E-state index is -0.251. The molecule has 2 aliphatic rings. The number of carbonyl (C=O) groups is 3. The van der Waals surface area contributed by atoms with Crippen LogP contribution in [0.1, 0.15) is 26.7 Å². The molecule has 1 aliphatic carbocycles. The minimum absolute atomic E-state index is 0.0287. The number of carbonyl (C=O) groups excluding carboxylic acids is 3. The fourth-order valence-corrected chi connectivity index (χ4v) is 2.70. The topological polar surface area (TPSA) is 63.7 Å². The van der Waals surface area contributed by atoms with Gasteiger partial charge in [-0.15, -0.1) is 0 Å². The van der Waals surface area contributed by atoms with E-state index in [0.29, 0.717) is 19.4 Å². The first kappa shape index (κ1) is 12.1. The summed E-state index contributed by atoms with van der Waals surface area (Å²) in [6.07, 6.45) is 0.601. The van der Waals surface area contributed by atoms with Crippen molar-refractivity contribution < 1.29 is 19.1 Å². The molecule has 0 bridgehead atoms. The fraction of sp³-hybridized carbons (Fsp3) is 0.750. The van der Waals surface area contributed by atoms with E-state index in [-0.39, 0.29) is 35.0 Å². The van der Waals surface area contributed by atoms with Crippen molar-refractivity contribution in [1.82, 2.24) is 4.90 Å². The number of methoxy groups -OCH3 is 1. The highest BCUT2D eigenvalue weighted by molar-refractivity contribution is 6.02. The molecule has 2 rings (SSSR count). The number of hydrogen-bond donors (Lipinski definition) is 0. The van der Waals surface area contributed by atoms with Crippen LogP contribution >= 0.6 is 0 Å². The van der Waals surface area contributed by atoms with Gasteiger partial charge in [-0.25, -0.2) is 0 Å². The van der Waals surface area contributed by atoms with Crippen LogP contribution in [0.2, 0.25) is 0 Å². The molecule has 94 valence electrons. The molecule has 0 radical (unpaired) electrons. The third-order valence-corrected chi connectivity index (χ3v) is 4.04. The molecule has 2 unspecified atom stereocenters. The number of esters is 1. The molecule has 1 aliphatic heterocycles. The van der Waals surface area contributed by atoms with Crippen LogP contribution in [0.4, 0.5) is 0 Å². The quantitative estimate of drug-likeness (QED) is 0.534. The van der Waals surface area contributed by atoms with Crippen molar-refractivity contribution >= 4 is 17.8 Å². The SMILES string of the molecule is COC(=O)C1C(CN2C(=O)CCC2=O)C1(C)C. The zero-order valence-electron chi connectivity index (χ0n) is 10.4. The Labute approximate surface area is 100 Å². The average molecular weight is 239 g/mol. The second kappa shape index (κ2) is 3.82. The molecule has 5 nitrogen and oxygen atoms in total. The van der Waals surface area contributed by atoms with Crippen LogP contribution in [-0.4, -0.2) is 36.3 Å². The van der Waals surface area contributed by atoms with E-state index in [1.54, 1.807) is 0 Å². The largest absolute Gasteiger partial charge is 0.469 e. The molecule has 17 heavy (non-hydrogen) atoms. The summed E-state index contributed by atoms with van der Waals surface area (Å²) < 4.78 is 4.73. The Morgan fingerprint density at radius 3 is 2.35 bits per heavy atom. The van der Waals surface area contributed by atoms with Crippen LogP contribution in [0.5, 0.6) is 0 Å². The fourth-order valence-electron chi connectivity index (χ4n) is 2.70. The lowest BCUT2D eigenvalue weighted by Crippen LogP contribution is -2.32. The first-order valence-corrected chi connectivity index (χ1v) is 5.80. The number of likely N-dealkylation sites (tertiary alicyclic amines) is 1. The highest BCUT2D eigenvalue weighted by Crippen LogP contribution is 2.59. The van der Waals surface area contributed by atoms with Gasteiger partial charge >= 0.3 is 5.97 Å². The standard InChI is InChI=1S/C12H17NO4/c1-12(2)7(10(12)11(16)17-3)6-13-8(14)4-5-9(13)15/h7,10H,4-6H2,1-3H3. The Balaban J connectivity index is 2.03. The number of hydrogen-bond acceptors (Lipinski definition) is 4. The van der Waals surface area contributed by atoms with E-state index < -0.39 is 0 Å². The smallest absolute Gasteiger partial charge is 0.309 e. The van der Waals surface area contributed by atoms with Crippen molar-refractivity contribution in [2.24, 2.45) is 17.3 Å². The Morgan fingerprint density at radius 2 is 1.88 bits per heavy atom. The maximum absolute atomic E-state index is 11.5. The molecule has 0 aromatic heterocycles. The number of imide groups is 1. The zero-order valence-corrected chi connectivity index (χ0v) is 10.4. The van der Waals surface area contributed by atoms with E-state index in [1.165, 1.54) is 12.0 Å². The summed E-state index contributed by atoms with van der Waals surface area (Å²) in [5.74, 6) is -0.670. The van der Waals surface area contributed by atoms with Crippen molar-refractivity contribution in [3.63, 3.8) is 0 Å². The Morgan fingerprint density at radius 1 is 1.35 bits per heavy atom. The van der Waals surface area contributed by atoms with Crippen LogP contribution in [0.3, 0.4) is 0 Å². The van der Waals surface area contributed by atoms with Crippen LogP contribution in [-0.2, 0) is 19.1 Å². The molecule has 2 amide bonds. The number of ether oxygens (including phenoxy) is 1. The summed E-state index contributed by atoms with van der Waals surface area (Å²) in [4.78, 5) is 35.8. The average Bonchev–Trinajstić information content (AvgIpc) is 2.67. The molecule has 0 aromatic carbocycles. The normalized spacial score (nSPS) is 30.6. The second-order valence-electron chi connectivity index (χ2n) is 5.33. The van der Waals surface area contributed by atoms with Gasteiger partial charge in [-0.05, 0) is 11.3 Å². The van der Waals surface area contributed by atoms with Crippen molar-refractivity contribution in [2.45, 2.75) is 26.7 Å². The monoisotopic (exact) mass is 239 g/mol. The van der Waals surface area contributed by atoms with Crippen molar-refractivity contribution in [1.29, 1.82) is 0 Å². The lowest BCUT2D eigenvalue weighted by Gasteiger charge is -2.14. The first-order valence-electron chi connectivity index (χ1n) is 5.80. The van der Waals surface area contributed by atoms with Gasteiger partial charge in [0.05, 0.1) is 13.0 Å². The molecule has 1 heterocycles. The molecule has 5 heteroatoms. The second-order valence-corrected chi connectivity index (χ2v) is 5.33. The molecular formula is C12H17NO4. The Hall–Kier alpha value is -1.39. The summed E-state index contributed by atoms with van der Waals surface area (Å²) >= 11 is 0. The molecule has 0 spiro atoms. The minimum Gasteiger partial charge on any atom is -0.469 e. The van der Waals surface area contributed by atoms with Gasteiger partial charge in [0.25, 0.3) is 0 Å². The number of amides is 2. The maximum atomic E-state index is 11.5. The lowest BCUT2D eigenvalue weighted by molar-refractivity contribution is -0.144. The summed E-state index contributed by atoms with van der Waals surface area (Å²) in [5, 5.41) is 0. The van der Waals surface area contributed by atoms with Crippen molar-refractivity contribution in [3.05, 3.63) is 0 Å². The predicted octanol–water partition coefficient (Wildman–Crippen LogP) is 0.581. The molecule has 1 saturated heterocycles. The van der Waals surface area contributed by atoms with Gasteiger partial charge in [-0.1, -0.05) is 13.8 Å². The lowest BCUT2D eigenvalue weighted by atomic mass is 10.1. The summed E-state index contributed by atoms with van der Waals surface area (Å²) in [6, 6.07) is 0. The summed E-state index contributed by atoms with van der Waals surface area (Å²) in [6.45, 7) is 4.28. The predicted molar refractivity (Wildman–Crippen MR) is 58.7 cm³/mol. The Kier molecular flexibility index (Phi) is 2.72. The zero-order chi connectivity index (χ0) is 12.8. The molecular weight excluding hydrogens is 222 g/mol. The summed E-state index contributed by atoms with van der Waals surface area (Å²) in [7, 11) is 1.36. The van der Waals surface area contributed by atoms with Gasteiger partial charge in [0, 0.05) is 19.4 Å². The third-order valence-electron chi connectivity index (χ3n) is 4.04. The van der Waals surface area contributed by atoms with Crippen LogP contribution < -0.4 is 0 Å². The van der Waals surface area contributed by atoms with Crippen molar-refractivity contribution in [3.8, 4) is 0 Å². The summed E-state index contributed by atoms with van der Waals surface area (Å²) in [5.41, 5.74) is -0.184. The molecule has 0 aromatic rings. The Bertz CT molecular complexity index is 372. The molecule has 2 fully saturated rings. The molecule has 2 atom stereocenters. The van der Waals surface area contributed by atoms with E-state index in [2.05, 4.69) is 0 Å².